The molecule has 23 heavy (non-hydrogen) atoms. The summed E-state index contributed by atoms with van der Waals surface area (Å²) in [6.45, 7) is 2.63. The summed E-state index contributed by atoms with van der Waals surface area (Å²) in [5.41, 5.74) is 1.20. The van der Waals surface area contributed by atoms with Crippen LogP contribution in [0.2, 0.25) is 0 Å². The van der Waals surface area contributed by atoms with E-state index in [4.69, 9.17) is 9.47 Å². The lowest BCUT2D eigenvalue weighted by atomic mass is 10.1. The van der Waals surface area contributed by atoms with Crippen LogP contribution in [-0.4, -0.2) is 6.79 Å². The highest BCUT2D eigenvalue weighted by atomic mass is 16.7. The fourth-order valence-corrected chi connectivity index (χ4v) is 2.99. The molecule has 0 radical (unpaired) electrons. The number of benzene rings is 1. The van der Waals surface area contributed by atoms with E-state index in [0.717, 1.165) is 11.5 Å². The summed E-state index contributed by atoms with van der Waals surface area (Å²) in [5, 5.41) is 0. The van der Waals surface area contributed by atoms with Crippen molar-refractivity contribution in [1.29, 1.82) is 0 Å². The SMILES string of the molecule is CCCCCCCCCCCC/C=C\c1ccc2c(c1)OCO2. The van der Waals surface area contributed by atoms with Crippen LogP contribution in [0.25, 0.3) is 6.08 Å². The second kappa shape index (κ2) is 11.2. The van der Waals surface area contributed by atoms with Crippen molar-refractivity contribution in [3.05, 3.63) is 29.8 Å². The van der Waals surface area contributed by atoms with E-state index < -0.39 is 0 Å². The first-order valence-corrected chi connectivity index (χ1v) is 9.46. The Kier molecular flexibility index (Phi) is 8.68. The minimum absolute atomic E-state index is 0.348. The van der Waals surface area contributed by atoms with Gasteiger partial charge in [-0.1, -0.05) is 82.9 Å². The Bertz CT molecular complexity index is 465. The molecule has 0 bridgehead atoms. The Morgan fingerprint density at radius 3 is 2.22 bits per heavy atom. The predicted molar refractivity (Wildman–Crippen MR) is 98.1 cm³/mol. The number of rotatable bonds is 12. The van der Waals surface area contributed by atoms with Gasteiger partial charge in [0.2, 0.25) is 6.79 Å². The monoisotopic (exact) mass is 316 g/mol. The van der Waals surface area contributed by atoms with Crippen LogP contribution < -0.4 is 9.47 Å². The smallest absolute Gasteiger partial charge is 0.231 e. The molecule has 128 valence electrons. The molecule has 0 aromatic heterocycles. The normalized spacial score (nSPS) is 13.1. The number of hydrogen-bond acceptors (Lipinski definition) is 2. The minimum atomic E-state index is 0.348. The van der Waals surface area contributed by atoms with E-state index in [1.165, 1.54) is 76.2 Å². The summed E-state index contributed by atoms with van der Waals surface area (Å²) in [6, 6.07) is 6.13. The van der Waals surface area contributed by atoms with E-state index in [-0.39, 0.29) is 0 Å². The molecule has 0 spiro atoms. The molecule has 0 saturated heterocycles. The van der Waals surface area contributed by atoms with Crippen molar-refractivity contribution >= 4 is 6.08 Å². The summed E-state index contributed by atoms with van der Waals surface area (Å²) < 4.78 is 10.7. The molecule has 2 heteroatoms. The maximum Gasteiger partial charge on any atom is 0.231 e. The highest BCUT2D eigenvalue weighted by Crippen LogP contribution is 2.32. The first kappa shape index (κ1) is 17.9. The molecule has 0 aliphatic carbocycles. The van der Waals surface area contributed by atoms with Crippen LogP contribution in [0.5, 0.6) is 11.5 Å². The highest BCUT2D eigenvalue weighted by Gasteiger charge is 2.11. The predicted octanol–water partition coefficient (Wildman–Crippen LogP) is 6.74. The third kappa shape index (κ3) is 7.11. The van der Waals surface area contributed by atoms with Crippen LogP contribution in [0.1, 0.15) is 83.1 Å². The van der Waals surface area contributed by atoms with Crippen molar-refractivity contribution < 1.29 is 9.47 Å². The van der Waals surface area contributed by atoms with Crippen molar-refractivity contribution in [1.82, 2.24) is 0 Å². The van der Waals surface area contributed by atoms with Gasteiger partial charge in [0.25, 0.3) is 0 Å². The largest absolute Gasteiger partial charge is 0.454 e. The highest BCUT2D eigenvalue weighted by molar-refractivity contribution is 5.56. The lowest BCUT2D eigenvalue weighted by molar-refractivity contribution is 0.174. The molecule has 0 atom stereocenters. The summed E-state index contributed by atoms with van der Waals surface area (Å²) in [7, 11) is 0. The maximum atomic E-state index is 5.40. The lowest BCUT2D eigenvalue weighted by Crippen LogP contribution is -1.92. The van der Waals surface area contributed by atoms with Gasteiger partial charge in [0.15, 0.2) is 11.5 Å². The van der Waals surface area contributed by atoms with E-state index in [0.29, 0.717) is 6.79 Å². The van der Waals surface area contributed by atoms with Crippen molar-refractivity contribution in [3.8, 4) is 11.5 Å². The van der Waals surface area contributed by atoms with Gasteiger partial charge in [-0.15, -0.1) is 0 Å². The molecule has 0 fully saturated rings. The average molecular weight is 316 g/mol. The summed E-state index contributed by atoms with van der Waals surface area (Å²) in [4.78, 5) is 0. The van der Waals surface area contributed by atoms with Crippen LogP contribution in [0.4, 0.5) is 0 Å². The standard InChI is InChI=1S/C21H32O2/c1-2-3-4-5-6-7-8-9-10-11-12-13-14-19-15-16-20-21(17-19)23-18-22-20/h13-17H,2-12,18H2,1H3/b14-13-. The van der Waals surface area contributed by atoms with Gasteiger partial charge in [-0.3, -0.25) is 0 Å². The quantitative estimate of drug-likeness (QED) is 0.397. The number of allylic oxidation sites excluding steroid dienone is 1. The molecule has 1 aliphatic heterocycles. The third-order valence-corrected chi connectivity index (χ3v) is 4.43. The number of unbranched alkanes of at least 4 members (excludes halogenated alkanes) is 10. The second-order valence-electron chi connectivity index (χ2n) is 6.49. The Balaban J connectivity index is 1.46. The van der Waals surface area contributed by atoms with Gasteiger partial charge in [-0.2, -0.15) is 0 Å². The minimum Gasteiger partial charge on any atom is -0.454 e. The Hall–Kier alpha value is -1.44. The molecule has 0 amide bonds. The van der Waals surface area contributed by atoms with E-state index in [9.17, 15) is 0 Å². The molecule has 0 saturated carbocycles. The summed E-state index contributed by atoms with van der Waals surface area (Å²) in [5.74, 6) is 1.72. The zero-order valence-electron chi connectivity index (χ0n) is 14.7. The number of ether oxygens (including phenoxy) is 2. The van der Waals surface area contributed by atoms with E-state index in [1.54, 1.807) is 0 Å². The fraction of sp³-hybridized carbons (Fsp3) is 0.619. The molecule has 1 aliphatic rings. The van der Waals surface area contributed by atoms with Crippen molar-refractivity contribution in [2.24, 2.45) is 0 Å². The van der Waals surface area contributed by atoms with Gasteiger partial charge in [-0.05, 0) is 30.5 Å². The van der Waals surface area contributed by atoms with Crippen LogP contribution in [0.3, 0.4) is 0 Å². The zero-order valence-corrected chi connectivity index (χ0v) is 14.7. The van der Waals surface area contributed by atoms with Gasteiger partial charge in [0, 0.05) is 0 Å². The van der Waals surface area contributed by atoms with Crippen LogP contribution in [-0.2, 0) is 0 Å². The molecular weight excluding hydrogens is 284 g/mol. The zero-order chi connectivity index (χ0) is 16.2. The Morgan fingerprint density at radius 2 is 1.48 bits per heavy atom. The Morgan fingerprint density at radius 1 is 0.826 bits per heavy atom. The van der Waals surface area contributed by atoms with Crippen LogP contribution in [0.15, 0.2) is 24.3 Å². The fourth-order valence-electron chi connectivity index (χ4n) is 2.99. The topological polar surface area (TPSA) is 18.5 Å². The van der Waals surface area contributed by atoms with Gasteiger partial charge in [0.05, 0.1) is 0 Å². The van der Waals surface area contributed by atoms with Gasteiger partial charge >= 0.3 is 0 Å². The second-order valence-corrected chi connectivity index (χ2v) is 6.49. The molecule has 1 heterocycles. The van der Waals surface area contributed by atoms with Crippen molar-refractivity contribution in [2.45, 2.75) is 77.6 Å². The van der Waals surface area contributed by atoms with Gasteiger partial charge in [-0.25, -0.2) is 0 Å². The van der Waals surface area contributed by atoms with Crippen molar-refractivity contribution in [2.75, 3.05) is 6.79 Å². The average Bonchev–Trinajstić information content (AvgIpc) is 3.03. The molecular formula is C21H32O2. The molecule has 0 N–H and O–H groups in total. The first-order chi connectivity index (χ1) is 11.4. The van der Waals surface area contributed by atoms with Crippen LogP contribution in [0, 0.1) is 0 Å². The maximum absolute atomic E-state index is 5.40. The molecule has 2 rings (SSSR count). The van der Waals surface area contributed by atoms with E-state index in [2.05, 4.69) is 31.2 Å². The van der Waals surface area contributed by atoms with Gasteiger partial charge < -0.3 is 9.47 Å². The van der Waals surface area contributed by atoms with E-state index in [1.807, 2.05) is 6.07 Å². The summed E-state index contributed by atoms with van der Waals surface area (Å²) >= 11 is 0. The molecule has 0 unspecified atom stereocenters. The molecule has 1 aromatic carbocycles. The van der Waals surface area contributed by atoms with Crippen LogP contribution >= 0.6 is 0 Å². The first-order valence-electron chi connectivity index (χ1n) is 9.46. The number of fused-ring (bicyclic) bond motifs is 1. The lowest BCUT2D eigenvalue weighted by Gasteiger charge is -2.01. The number of hydrogen-bond donors (Lipinski definition) is 0. The van der Waals surface area contributed by atoms with Gasteiger partial charge in [0.1, 0.15) is 0 Å². The molecule has 2 nitrogen and oxygen atoms in total. The van der Waals surface area contributed by atoms with Crippen molar-refractivity contribution in [3.63, 3.8) is 0 Å². The van der Waals surface area contributed by atoms with E-state index >= 15 is 0 Å². The Labute approximate surface area is 141 Å². The molecule has 1 aromatic rings. The third-order valence-electron chi connectivity index (χ3n) is 4.43. The summed E-state index contributed by atoms with van der Waals surface area (Å²) in [6.07, 6.45) is 19.6.